The molecule has 1 aliphatic heterocycles. The third-order valence-corrected chi connectivity index (χ3v) is 4.26. The molecule has 18 heavy (non-hydrogen) atoms. The van der Waals surface area contributed by atoms with Crippen molar-refractivity contribution < 1.29 is 4.48 Å². The molecule has 5 nitrogen and oxygen atoms in total. The Labute approximate surface area is 109 Å². The van der Waals surface area contributed by atoms with Crippen LogP contribution < -0.4 is 5.84 Å². The number of nitrogens with two attached hydrogens (primary N) is 1. The van der Waals surface area contributed by atoms with E-state index in [1.54, 1.807) is 12.4 Å². The summed E-state index contributed by atoms with van der Waals surface area (Å²) >= 11 is 0. The first-order valence-corrected chi connectivity index (χ1v) is 6.55. The van der Waals surface area contributed by atoms with Crippen molar-refractivity contribution in [3.8, 4) is 0 Å². The van der Waals surface area contributed by atoms with Gasteiger partial charge in [0.05, 0.1) is 19.3 Å². The summed E-state index contributed by atoms with van der Waals surface area (Å²) in [5.41, 5.74) is 1.04. The van der Waals surface area contributed by atoms with Gasteiger partial charge in [-0.05, 0) is 27.7 Å². The SMILES string of the molecule is CC(C)N(N)C1C(c2cnccn2)[N+]1(C)C(C)C. The van der Waals surface area contributed by atoms with Gasteiger partial charge in [0.25, 0.3) is 0 Å². The summed E-state index contributed by atoms with van der Waals surface area (Å²) in [5.74, 6) is 6.23. The molecule has 2 N–H and O–H groups in total. The number of hydrogen-bond donors (Lipinski definition) is 1. The molecule has 1 fully saturated rings. The number of likely N-dealkylation sites (N-methyl/N-ethyl adjacent to an activating group) is 1. The highest BCUT2D eigenvalue weighted by Crippen LogP contribution is 2.52. The molecule has 1 aliphatic rings. The zero-order chi connectivity index (χ0) is 13.5. The van der Waals surface area contributed by atoms with Crippen molar-refractivity contribution >= 4 is 0 Å². The van der Waals surface area contributed by atoms with Crippen molar-refractivity contribution in [1.29, 1.82) is 0 Å². The van der Waals surface area contributed by atoms with Gasteiger partial charge < -0.3 is 0 Å². The Bertz CT molecular complexity index is 405. The van der Waals surface area contributed by atoms with Crippen molar-refractivity contribution in [3.63, 3.8) is 0 Å². The van der Waals surface area contributed by atoms with Gasteiger partial charge in [0, 0.05) is 18.4 Å². The van der Waals surface area contributed by atoms with Crippen LogP contribution in [0.5, 0.6) is 0 Å². The molecule has 1 aromatic rings. The van der Waals surface area contributed by atoms with E-state index in [0.717, 1.165) is 10.2 Å². The number of aromatic nitrogens is 2. The van der Waals surface area contributed by atoms with E-state index in [1.165, 1.54) is 0 Å². The fraction of sp³-hybridized carbons (Fsp3) is 0.692. The molecular weight excluding hydrogens is 226 g/mol. The van der Waals surface area contributed by atoms with Crippen LogP contribution in [0, 0.1) is 0 Å². The van der Waals surface area contributed by atoms with E-state index < -0.39 is 0 Å². The quantitative estimate of drug-likeness (QED) is 0.379. The molecule has 3 atom stereocenters. The lowest BCUT2D eigenvalue weighted by molar-refractivity contribution is -0.839. The summed E-state index contributed by atoms with van der Waals surface area (Å²) in [4.78, 5) is 8.63. The summed E-state index contributed by atoms with van der Waals surface area (Å²) < 4.78 is 0.910. The van der Waals surface area contributed by atoms with Crippen molar-refractivity contribution in [2.24, 2.45) is 5.84 Å². The van der Waals surface area contributed by atoms with Crippen LogP contribution in [-0.4, -0.2) is 44.8 Å². The Kier molecular flexibility index (Phi) is 3.40. The van der Waals surface area contributed by atoms with Crippen LogP contribution >= 0.6 is 0 Å². The average molecular weight is 250 g/mol. The number of nitrogens with zero attached hydrogens (tertiary/aromatic N) is 4. The second kappa shape index (κ2) is 4.57. The minimum atomic E-state index is 0.293. The number of rotatable bonds is 4. The van der Waals surface area contributed by atoms with E-state index in [4.69, 9.17) is 5.84 Å². The summed E-state index contributed by atoms with van der Waals surface area (Å²) in [6.07, 6.45) is 5.62. The van der Waals surface area contributed by atoms with Gasteiger partial charge in [0.2, 0.25) is 12.2 Å². The predicted molar refractivity (Wildman–Crippen MR) is 71.0 cm³/mol. The van der Waals surface area contributed by atoms with Gasteiger partial charge in [-0.1, -0.05) is 0 Å². The van der Waals surface area contributed by atoms with E-state index in [-0.39, 0.29) is 0 Å². The van der Waals surface area contributed by atoms with Gasteiger partial charge in [0.15, 0.2) is 0 Å². The van der Waals surface area contributed by atoms with Gasteiger partial charge in [-0.15, -0.1) is 0 Å². The van der Waals surface area contributed by atoms with Gasteiger partial charge in [-0.2, -0.15) is 5.01 Å². The van der Waals surface area contributed by atoms with Gasteiger partial charge in [-0.3, -0.25) is 20.3 Å². The van der Waals surface area contributed by atoms with E-state index in [9.17, 15) is 0 Å². The maximum absolute atomic E-state index is 6.23. The van der Waals surface area contributed by atoms with Crippen LogP contribution in [0.15, 0.2) is 18.6 Å². The average Bonchev–Trinajstić information content (AvgIpc) is 2.97. The lowest BCUT2D eigenvalue weighted by atomic mass is 10.3. The zero-order valence-electron chi connectivity index (χ0n) is 11.9. The van der Waals surface area contributed by atoms with E-state index in [0.29, 0.717) is 24.3 Å². The predicted octanol–water partition coefficient (Wildman–Crippen LogP) is 1.30. The summed E-state index contributed by atoms with van der Waals surface area (Å²) in [7, 11) is 2.25. The standard InChI is InChI=1S/C13H24N5/c1-9(2)17(14)13-12(18(13,5)10(3)4)11-8-15-6-7-16-11/h6-10,12-13H,14H2,1-5H3/q+1. The van der Waals surface area contributed by atoms with E-state index >= 15 is 0 Å². The monoisotopic (exact) mass is 250 g/mol. The van der Waals surface area contributed by atoms with Crippen molar-refractivity contribution in [2.75, 3.05) is 7.05 Å². The maximum atomic E-state index is 6.23. The van der Waals surface area contributed by atoms with Gasteiger partial charge in [-0.25, -0.2) is 0 Å². The van der Waals surface area contributed by atoms with Crippen LogP contribution in [0.4, 0.5) is 0 Å². The highest BCUT2D eigenvalue weighted by molar-refractivity contribution is 5.09. The maximum Gasteiger partial charge on any atom is 0.218 e. The fourth-order valence-electron chi connectivity index (χ4n) is 2.73. The highest BCUT2D eigenvalue weighted by Gasteiger charge is 2.69. The zero-order valence-corrected chi connectivity index (χ0v) is 11.9. The van der Waals surface area contributed by atoms with Gasteiger partial charge in [0.1, 0.15) is 5.69 Å². The number of quaternary nitrogens is 1. The van der Waals surface area contributed by atoms with Crippen molar-refractivity contribution in [1.82, 2.24) is 15.0 Å². The van der Waals surface area contributed by atoms with Crippen LogP contribution in [0.3, 0.4) is 0 Å². The molecule has 0 amide bonds. The minimum Gasteiger partial charge on any atom is -0.289 e. The summed E-state index contributed by atoms with van der Waals surface area (Å²) in [6, 6.07) is 1.16. The Morgan fingerprint density at radius 2 is 1.94 bits per heavy atom. The van der Waals surface area contributed by atoms with E-state index in [2.05, 4.69) is 44.7 Å². The molecule has 0 saturated carbocycles. The lowest BCUT2D eigenvalue weighted by Crippen LogP contribution is -2.46. The molecule has 5 heteroatoms. The largest absolute Gasteiger partial charge is 0.289 e. The van der Waals surface area contributed by atoms with Crippen LogP contribution in [0.1, 0.15) is 39.4 Å². The van der Waals surface area contributed by atoms with Crippen LogP contribution in [0.25, 0.3) is 0 Å². The molecule has 0 aromatic carbocycles. The Balaban J connectivity index is 2.30. The second-order valence-corrected chi connectivity index (χ2v) is 5.85. The Morgan fingerprint density at radius 3 is 2.39 bits per heavy atom. The van der Waals surface area contributed by atoms with Crippen LogP contribution in [0.2, 0.25) is 0 Å². The van der Waals surface area contributed by atoms with E-state index in [1.807, 2.05) is 11.2 Å². The molecule has 0 aliphatic carbocycles. The first-order chi connectivity index (χ1) is 8.40. The van der Waals surface area contributed by atoms with Crippen molar-refractivity contribution in [3.05, 3.63) is 24.3 Å². The normalized spacial score (nSPS) is 31.4. The smallest absolute Gasteiger partial charge is 0.218 e. The van der Waals surface area contributed by atoms with Crippen molar-refractivity contribution in [2.45, 2.75) is 52.0 Å². The van der Waals surface area contributed by atoms with Gasteiger partial charge >= 0.3 is 0 Å². The molecule has 0 radical (unpaired) electrons. The fourth-order valence-corrected chi connectivity index (χ4v) is 2.73. The number of hydrogen-bond acceptors (Lipinski definition) is 4. The minimum absolute atomic E-state index is 0.293. The first kappa shape index (κ1) is 13.4. The molecule has 0 bridgehead atoms. The second-order valence-electron chi connectivity index (χ2n) is 5.85. The van der Waals surface area contributed by atoms with Crippen LogP contribution in [-0.2, 0) is 0 Å². The summed E-state index contributed by atoms with van der Waals surface area (Å²) in [5, 5.41) is 1.96. The molecular formula is C13H24N5+. The molecule has 2 rings (SSSR count). The first-order valence-electron chi connectivity index (χ1n) is 6.55. The third-order valence-electron chi connectivity index (χ3n) is 4.26. The Hall–Kier alpha value is -1.04. The number of hydrazine groups is 1. The highest BCUT2D eigenvalue weighted by atomic mass is 15.7. The topological polar surface area (TPSA) is 55.0 Å². The summed E-state index contributed by atoms with van der Waals surface area (Å²) in [6.45, 7) is 8.71. The molecule has 100 valence electrons. The lowest BCUT2D eigenvalue weighted by Gasteiger charge is -2.25. The molecule has 1 saturated heterocycles. The molecule has 1 aromatic heterocycles. The molecule has 2 heterocycles. The molecule has 0 spiro atoms. The third kappa shape index (κ3) is 1.92. The molecule has 3 unspecified atom stereocenters. The Morgan fingerprint density at radius 1 is 1.28 bits per heavy atom.